The Morgan fingerprint density at radius 2 is 1.84 bits per heavy atom. The number of amides is 1. The number of phenols is 1. The number of aromatic hydroxyl groups is 1. The maximum atomic E-state index is 13.9. The molecule has 3 aliphatic rings. The van der Waals surface area contributed by atoms with Gasteiger partial charge in [-0.3, -0.25) is 24.3 Å². The number of hydrogen-bond acceptors (Lipinski definition) is 9. The number of aromatic nitrogens is 1. The van der Waals surface area contributed by atoms with Gasteiger partial charge in [0, 0.05) is 28.9 Å². The van der Waals surface area contributed by atoms with Gasteiger partial charge in [0.15, 0.2) is 11.4 Å². The molecule has 4 atom stereocenters. The van der Waals surface area contributed by atoms with Gasteiger partial charge in [0.1, 0.15) is 22.8 Å². The molecule has 0 bridgehead atoms. The molecule has 6 N–H and O–H groups in total. The van der Waals surface area contributed by atoms with Crippen molar-refractivity contribution < 1.29 is 34.8 Å². The topological polar surface area (TPSA) is 174 Å². The summed E-state index contributed by atoms with van der Waals surface area (Å²) in [7, 11) is 3.13. The van der Waals surface area contributed by atoms with Gasteiger partial charge in [0.25, 0.3) is 5.91 Å². The zero-order valence-electron chi connectivity index (χ0n) is 20.5. The molecule has 1 saturated carbocycles. The number of benzene rings is 1. The summed E-state index contributed by atoms with van der Waals surface area (Å²) in [5.41, 5.74) is 4.60. The van der Waals surface area contributed by atoms with E-state index in [0.717, 1.165) is 11.3 Å². The standard InChI is InChI=1S/C27H27N3O7/c1-11-4-5-12(10-29-11)14-6-7-17(31)19-15(14)8-13-9-16-21(30(2)3)23(33)20(26(28)36)25(35)27(16,37)24(34)18(13)22(19)32/h4-7,10,13,16,21,31-32,35,37H,8-9H2,1-3H3,(H2,28,36)/t13-,16-,21-,27-/m0/s1. The first kappa shape index (κ1) is 24.7. The number of nitrogens with two attached hydrogens (primary N) is 1. The number of Topliss-reactive ketones (excluding diaryl/α,β-unsaturated/α-hetero) is 2. The molecular weight excluding hydrogens is 478 g/mol. The SMILES string of the molecule is Cc1ccc(-c2ccc(O)c3c2C[C@H]2C[C@H]4[C@H](N(C)C)C(=O)C(C(N)=O)=C(O)[C@@]4(O)C(=O)C2=C3O)cn1. The third-order valence-electron chi connectivity index (χ3n) is 7.83. The van der Waals surface area contributed by atoms with E-state index >= 15 is 0 Å². The van der Waals surface area contributed by atoms with Crippen LogP contribution in [0.15, 0.2) is 47.4 Å². The van der Waals surface area contributed by atoms with Gasteiger partial charge in [0.05, 0.1) is 11.6 Å². The van der Waals surface area contributed by atoms with Gasteiger partial charge in [0.2, 0.25) is 5.78 Å². The molecule has 0 saturated heterocycles. The van der Waals surface area contributed by atoms with Crippen LogP contribution in [0.1, 0.15) is 23.2 Å². The number of fused-ring (bicyclic) bond motifs is 3. The van der Waals surface area contributed by atoms with Crippen LogP contribution >= 0.6 is 0 Å². The van der Waals surface area contributed by atoms with Crippen molar-refractivity contribution in [1.29, 1.82) is 0 Å². The Morgan fingerprint density at radius 1 is 1.14 bits per heavy atom. The van der Waals surface area contributed by atoms with Gasteiger partial charge in [-0.25, -0.2) is 0 Å². The third-order valence-corrected chi connectivity index (χ3v) is 7.83. The van der Waals surface area contributed by atoms with Gasteiger partial charge < -0.3 is 26.2 Å². The van der Waals surface area contributed by atoms with Crippen molar-refractivity contribution in [2.75, 3.05) is 14.1 Å². The van der Waals surface area contributed by atoms with Crippen LogP contribution in [0.4, 0.5) is 0 Å². The fraction of sp³-hybridized carbons (Fsp3) is 0.333. The minimum absolute atomic E-state index is 0.0347. The highest BCUT2D eigenvalue weighted by molar-refractivity contribution is 6.24. The Morgan fingerprint density at radius 3 is 2.43 bits per heavy atom. The molecule has 1 aromatic carbocycles. The fourth-order valence-electron chi connectivity index (χ4n) is 6.14. The molecule has 0 spiro atoms. The number of primary amides is 1. The van der Waals surface area contributed by atoms with E-state index < -0.39 is 58.0 Å². The van der Waals surface area contributed by atoms with E-state index in [1.165, 1.54) is 11.0 Å². The minimum Gasteiger partial charge on any atom is -0.508 e. The molecule has 1 fully saturated rings. The molecule has 5 rings (SSSR count). The van der Waals surface area contributed by atoms with Crippen molar-refractivity contribution in [1.82, 2.24) is 9.88 Å². The molecule has 37 heavy (non-hydrogen) atoms. The van der Waals surface area contributed by atoms with Gasteiger partial charge in [-0.15, -0.1) is 0 Å². The molecule has 1 heterocycles. The van der Waals surface area contributed by atoms with Crippen LogP contribution in [-0.2, 0) is 20.8 Å². The molecule has 0 radical (unpaired) electrons. The molecule has 1 aromatic heterocycles. The van der Waals surface area contributed by atoms with Crippen LogP contribution in [0.5, 0.6) is 5.75 Å². The Balaban J connectivity index is 1.74. The Labute approximate surface area is 212 Å². The van der Waals surface area contributed by atoms with E-state index in [-0.39, 0.29) is 29.7 Å². The highest BCUT2D eigenvalue weighted by atomic mass is 16.3. The van der Waals surface area contributed by atoms with Crippen LogP contribution in [0.3, 0.4) is 0 Å². The lowest BCUT2D eigenvalue weighted by Crippen LogP contribution is -2.65. The molecule has 1 amide bonds. The molecule has 0 aliphatic heterocycles. The quantitative estimate of drug-likeness (QED) is 0.386. The second kappa shape index (κ2) is 8.25. The van der Waals surface area contributed by atoms with Gasteiger partial charge in [-0.1, -0.05) is 12.1 Å². The summed E-state index contributed by atoms with van der Waals surface area (Å²) in [5.74, 6) is -6.72. The van der Waals surface area contributed by atoms with Crippen molar-refractivity contribution in [3.05, 3.63) is 64.2 Å². The second-order valence-corrected chi connectivity index (χ2v) is 10.1. The average molecular weight is 506 g/mol. The number of aliphatic hydroxyl groups excluding tert-OH is 2. The predicted octanol–water partition coefficient (Wildman–Crippen LogP) is 1.33. The number of pyridine rings is 1. The number of aryl methyl sites for hydroxylation is 1. The molecule has 0 unspecified atom stereocenters. The molecule has 3 aliphatic carbocycles. The largest absolute Gasteiger partial charge is 0.508 e. The number of ketones is 2. The van der Waals surface area contributed by atoms with E-state index in [9.17, 15) is 34.8 Å². The first-order valence-electron chi connectivity index (χ1n) is 11.8. The van der Waals surface area contributed by atoms with Gasteiger partial charge >= 0.3 is 0 Å². The Hall–Kier alpha value is -4.02. The monoisotopic (exact) mass is 505 g/mol. The number of nitrogens with zero attached hydrogens (tertiary/aromatic N) is 2. The van der Waals surface area contributed by atoms with Crippen molar-refractivity contribution >= 4 is 23.2 Å². The summed E-state index contributed by atoms with van der Waals surface area (Å²) in [6.07, 6.45) is 1.93. The summed E-state index contributed by atoms with van der Waals surface area (Å²) in [4.78, 5) is 44.9. The summed E-state index contributed by atoms with van der Waals surface area (Å²) in [6.45, 7) is 1.85. The minimum atomic E-state index is -2.65. The van der Waals surface area contributed by atoms with E-state index in [0.29, 0.717) is 11.1 Å². The number of likely N-dealkylation sites (N-methyl/N-ethyl adjacent to an activating group) is 1. The molecule has 192 valence electrons. The number of phenolic OH excluding ortho intramolecular Hbond substituents is 1. The van der Waals surface area contributed by atoms with Crippen LogP contribution < -0.4 is 5.73 Å². The fourth-order valence-corrected chi connectivity index (χ4v) is 6.14. The lowest BCUT2D eigenvalue weighted by Gasteiger charge is -2.50. The van der Waals surface area contributed by atoms with Crippen molar-refractivity contribution in [3.63, 3.8) is 0 Å². The predicted molar refractivity (Wildman–Crippen MR) is 132 cm³/mol. The summed E-state index contributed by atoms with van der Waals surface area (Å²) < 4.78 is 0. The second-order valence-electron chi connectivity index (χ2n) is 10.1. The normalized spacial score (nSPS) is 27.2. The van der Waals surface area contributed by atoms with Crippen molar-refractivity contribution in [2.24, 2.45) is 17.6 Å². The van der Waals surface area contributed by atoms with Crippen molar-refractivity contribution in [2.45, 2.75) is 31.4 Å². The van der Waals surface area contributed by atoms with Crippen LogP contribution in [0.25, 0.3) is 16.9 Å². The highest BCUT2D eigenvalue weighted by Crippen LogP contribution is 2.53. The van der Waals surface area contributed by atoms with Crippen LogP contribution in [-0.4, -0.2) is 73.5 Å². The number of hydrogen-bond donors (Lipinski definition) is 5. The number of aliphatic hydroxyl groups is 3. The van der Waals surface area contributed by atoms with E-state index in [1.54, 1.807) is 26.4 Å². The van der Waals surface area contributed by atoms with Gasteiger partial charge in [-0.2, -0.15) is 0 Å². The lowest BCUT2D eigenvalue weighted by atomic mass is 9.57. The molecule has 10 heteroatoms. The maximum Gasteiger partial charge on any atom is 0.255 e. The lowest BCUT2D eigenvalue weighted by molar-refractivity contribution is -0.153. The summed E-state index contributed by atoms with van der Waals surface area (Å²) in [6, 6.07) is 5.69. The number of carbonyl (C=O) groups excluding carboxylic acids is 3. The zero-order chi connectivity index (χ0) is 27.0. The first-order valence-corrected chi connectivity index (χ1v) is 11.8. The maximum absolute atomic E-state index is 13.9. The van der Waals surface area contributed by atoms with Crippen LogP contribution in [0.2, 0.25) is 0 Å². The molecule has 2 aromatic rings. The van der Waals surface area contributed by atoms with Crippen LogP contribution in [0, 0.1) is 18.8 Å². The van der Waals surface area contributed by atoms with E-state index in [1.807, 2.05) is 19.1 Å². The first-order chi connectivity index (χ1) is 17.4. The smallest absolute Gasteiger partial charge is 0.255 e. The molecular formula is C27H27N3O7. The zero-order valence-corrected chi connectivity index (χ0v) is 20.5. The van der Waals surface area contributed by atoms with E-state index in [2.05, 4.69) is 4.98 Å². The van der Waals surface area contributed by atoms with Crippen molar-refractivity contribution in [3.8, 4) is 16.9 Å². The van der Waals surface area contributed by atoms with E-state index in [4.69, 9.17) is 5.73 Å². The summed E-state index contributed by atoms with van der Waals surface area (Å²) >= 11 is 0. The Bertz CT molecular complexity index is 1440. The Kier molecular flexibility index (Phi) is 5.50. The number of rotatable bonds is 3. The number of carbonyl (C=O) groups is 3. The highest BCUT2D eigenvalue weighted by Gasteiger charge is 2.64. The van der Waals surface area contributed by atoms with Gasteiger partial charge in [-0.05, 0) is 63.0 Å². The average Bonchev–Trinajstić information content (AvgIpc) is 2.82. The summed E-state index contributed by atoms with van der Waals surface area (Å²) in [5, 5.41) is 44.5. The molecule has 10 nitrogen and oxygen atoms in total. The third kappa shape index (κ3) is 3.32.